The molecule has 2 rings (SSSR count). The van der Waals surface area contributed by atoms with E-state index in [2.05, 4.69) is 34.3 Å². The number of esters is 1. The van der Waals surface area contributed by atoms with Crippen LogP contribution < -0.4 is 5.32 Å². The molecule has 0 atom stereocenters. The van der Waals surface area contributed by atoms with E-state index in [1.54, 1.807) is 0 Å². The van der Waals surface area contributed by atoms with Crippen LogP contribution in [0.15, 0.2) is 48.5 Å². The van der Waals surface area contributed by atoms with Crippen molar-refractivity contribution in [3.8, 4) is 11.1 Å². The summed E-state index contributed by atoms with van der Waals surface area (Å²) in [7, 11) is 1.43. The summed E-state index contributed by atoms with van der Waals surface area (Å²) in [4.78, 5) is 22.1. The highest BCUT2D eigenvalue weighted by Crippen LogP contribution is 2.22. The van der Waals surface area contributed by atoms with Gasteiger partial charge >= 0.3 is 5.97 Å². The normalized spacial score (nSPS) is 10.3. The second-order valence-electron chi connectivity index (χ2n) is 6.09. The second kappa shape index (κ2) is 9.62. The van der Waals surface area contributed by atoms with Crippen molar-refractivity contribution < 1.29 is 14.3 Å². The maximum Gasteiger partial charge on any atom is 0.305 e. The first-order valence-electron chi connectivity index (χ1n) is 8.62. The molecule has 1 amide bonds. The van der Waals surface area contributed by atoms with Crippen LogP contribution in [-0.2, 0) is 20.7 Å². The molecule has 4 nitrogen and oxygen atoms in total. The highest BCUT2D eigenvalue weighted by Gasteiger charge is 2.02. The fourth-order valence-corrected chi connectivity index (χ4v) is 2.69. The molecule has 0 aromatic heterocycles. The minimum atomic E-state index is -0.131. The number of aryl methyl sites for hydroxylation is 1. The Morgan fingerprint density at radius 1 is 0.880 bits per heavy atom. The zero-order valence-corrected chi connectivity index (χ0v) is 14.9. The molecule has 0 spiro atoms. The third kappa shape index (κ3) is 6.42. The second-order valence-corrected chi connectivity index (χ2v) is 6.09. The lowest BCUT2D eigenvalue weighted by Gasteiger charge is -2.07. The quantitative estimate of drug-likeness (QED) is 0.565. The molecule has 0 unspecified atom stereocenters. The van der Waals surface area contributed by atoms with Gasteiger partial charge in [-0.05, 0) is 48.1 Å². The number of carbonyl (C=O) groups is 2. The average molecular weight is 339 g/mol. The van der Waals surface area contributed by atoms with Crippen LogP contribution in [0.5, 0.6) is 0 Å². The predicted octanol–water partition coefficient (Wildman–Crippen LogP) is 4.59. The summed E-state index contributed by atoms with van der Waals surface area (Å²) in [6.45, 7) is 1.50. The molecule has 0 saturated carbocycles. The number of hydrogen-bond donors (Lipinski definition) is 1. The molecule has 1 N–H and O–H groups in total. The Labute approximate surface area is 149 Å². The van der Waals surface area contributed by atoms with Crippen LogP contribution in [0.25, 0.3) is 11.1 Å². The van der Waals surface area contributed by atoms with E-state index in [1.807, 2.05) is 24.3 Å². The molecule has 0 saturated heterocycles. The third-order valence-electron chi connectivity index (χ3n) is 4.07. The Morgan fingerprint density at radius 3 is 2.04 bits per heavy atom. The summed E-state index contributed by atoms with van der Waals surface area (Å²) in [6, 6.07) is 16.4. The van der Waals surface area contributed by atoms with Gasteiger partial charge in [-0.3, -0.25) is 9.59 Å². The van der Waals surface area contributed by atoms with E-state index in [1.165, 1.54) is 19.6 Å². The van der Waals surface area contributed by atoms with Crippen molar-refractivity contribution in [2.24, 2.45) is 0 Å². The molecular formula is C21H25NO3. The zero-order chi connectivity index (χ0) is 18.1. The molecule has 25 heavy (non-hydrogen) atoms. The van der Waals surface area contributed by atoms with Gasteiger partial charge in [0, 0.05) is 19.0 Å². The molecule has 0 fully saturated rings. The van der Waals surface area contributed by atoms with Crippen molar-refractivity contribution in [3.63, 3.8) is 0 Å². The number of amides is 1. The molecule has 2 aromatic rings. The summed E-state index contributed by atoms with van der Waals surface area (Å²) < 4.78 is 4.64. The fourth-order valence-electron chi connectivity index (χ4n) is 2.69. The first-order valence-corrected chi connectivity index (χ1v) is 8.62. The SMILES string of the molecule is COC(=O)CCCCCc1ccc(-c2ccc(NC(C)=O)cc2)cc1. The van der Waals surface area contributed by atoms with Crippen molar-refractivity contribution in [3.05, 3.63) is 54.1 Å². The van der Waals surface area contributed by atoms with Crippen molar-refractivity contribution in [1.29, 1.82) is 0 Å². The molecule has 2 aromatic carbocycles. The van der Waals surface area contributed by atoms with Gasteiger partial charge in [0.1, 0.15) is 0 Å². The summed E-state index contributed by atoms with van der Waals surface area (Å²) in [6.07, 6.45) is 4.50. The van der Waals surface area contributed by atoms with Gasteiger partial charge in [-0.15, -0.1) is 0 Å². The van der Waals surface area contributed by atoms with E-state index in [-0.39, 0.29) is 11.9 Å². The van der Waals surface area contributed by atoms with Gasteiger partial charge in [-0.25, -0.2) is 0 Å². The van der Waals surface area contributed by atoms with Gasteiger partial charge in [0.25, 0.3) is 0 Å². The highest BCUT2D eigenvalue weighted by atomic mass is 16.5. The molecule has 0 radical (unpaired) electrons. The maximum atomic E-state index is 11.0. The van der Waals surface area contributed by atoms with Crippen LogP contribution in [0.4, 0.5) is 5.69 Å². The number of ether oxygens (including phenoxy) is 1. The molecule has 0 heterocycles. The van der Waals surface area contributed by atoms with Crippen molar-refractivity contribution in [1.82, 2.24) is 0 Å². The fraction of sp³-hybridized carbons (Fsp3) is 0.333. The monoisotopic (exact) mass is 339 g/mol. The van der Waals surface area contributed by atoms with Crippen LogP contribution >= 0.6 is 0 Å². The first kappa shape index (κ1) is 18.7. The molecule has 0 aliphatic heterocycles. The minimum absolute atomic E-state index is 0.0660. The predicted molar refractivity (Wildman–Crippen MR) is 100 cm³/mol. The van der Waals surface area contributed by atoms with Crippen molar-refractivity contribution in [2.75, 3.05) is 12.4 Å². The lowest BCUT2D eigenvalue weighted by Crippen LogP contribution is -2.05. The van der Waals surface area contributed by atoms with E-state index in [9.17, 15) is 9.59 Å². The lowest BCUT2D eigenvalue weighted by molar-refractivity contribution is -0.140. The summed E-state index contributed by atoms with van der Waals surface area (Å²) in [5.74, 6) is -0.197. The van der Waals surface area contributed by atoms with Gasteiger partial charge in [-0.1, -0.05) is 42.8 Å². The molecule has 4 heteroatoms. The first-order chi connectivity index (χ1) is 12.1. The van der Waals surface area contributed by atoms with Crippen LogP contribution in [-0.4, -0.2) is 19.0 Å². The van der Waals surface area contributed by atoms with Crippen molar-refractivity contribution >= 4 is 17.6 Å². The number of benzene rings is 2. The third-order valence-corrected chi connectivity index (χ3v) is 4.07. The Kier molecular flexibility index (Phi) is 7.20. The van der Waals surface area contributed by atoms with E-state index in [4.69, 9.17) is 0 Å². The number of rotatable bonds is 8. The summed E-state index contributed by atoms with van der Waals surface area (Å²) in [5.41, 5.74) is 4.39. The van der Waals surface area contributed by atoms with Crippen molar-refractivity contribution in [2.45, 2.75) is 39.0 Å². The largest absolute Gasteiger partial charge is 0.469 e. The Hall–Kier alpha value is -2.62. The average Bonchev–Trinajstić information content (AvgIpc) is 2.62. The molecule has 132 valence electrons. The van der Waals surface area contributed by atoms with Gasteiger partial charge in [-0.2, -0.15) is 0 Å². The smallest absolute Gasteiger partial charge is 0.305 e. The molecule has 0 aliphatic carbocycles. The lowest BCUT2D eigenvalue weighted by atomic mass is 10.0. The Morgan fingerprint density at radius 2 is 1.48 bits per heavy atom. The number of hydrogen-bond acceptors (Lipinski definition) is 3. The number of carbonyl (C=O) groups excluding carboxylic acids is 2. The number of unbranched alkanes of at least 4 members (excludes halogenated alkanes) is 2. The minimum Gasteiger partial charge on any atom is -0.469 e. The van der Waals surface area contributed by atoms with Gasteiger partial charge < -0.3 is 10.1 Å². The topological polar surface area (TPSA) is 55.4 Å². The Bertz CT molecular complexity index is 690. The molecule has 0 bridgehead atoms. The van der Waals surface area contributed by atoms with Crippen LogP contribution in [0.1, 0.15) is 38.2 Å². The van der Waals surface area contributed by atoms with Gasteiger partial charge in [0.15, 0.2) is 0 Å². The summed E-state index contributed by atoms with van der Waals surface area (Å²) >= 11 is 0. The summed E-state index contributed by atoms with van der Waals surface area (Å²) in [5, 5.41) is 2.77. The van der Waals surface area contributed by atoms with E-state index < -0.39 is 0 Å². The molecular weight excluding hydrogens is 314 g/mol. The highest BCUT2D eigenvalue weighted by molar-refractivity contribution is 5.89. The van der Waals surface area contributed by atoms with E-state index >= 15 is 0 Å². The van der Waals surface area contributed by atoms with Crippen LogP contribution in [0.2, 0.25) is 0 Å². The zero-order valence-electron chi connectivity index (χ0n) is 14.9. The standard InChI is InChI=1S/C21H25NO3/c1-16(23)22-20-14-12-19(13-15-20)18-10-8-17(9-11-18)6-4-3-5-7-21(24)25-2/h8-15H,3-7H2,1-2H3,(H,22,23). The number of anilines is 1. The number of nitrogens with one attached hydrogen (secondary N) is 1. The Balaban J connectivity index is 1.83. The van der Waals surface area contributed by atoms with E-state index in [0.717, 1.165) is 42.5 Å². The van der Waals surface area contributed by atoms with Crippen LogP contribution in [0.3, 0.4) is 0 Å². The van der Waals surface area contributed by atoms with Crippen LogP contribution in [0, 0.1) is 0 Å². The van der Waals surface area contributed by atoms with E-state index in [0.29, 0.717) is 6.42 Å². The molecule has 0 aliphatic rings. The van der Waals surface area contributed by atoms with Gasteiger partial charge in [0.2, 0.25) is 5.91 Å². The number of methoxy groups -OCH3 is 1. The maximum absolute atomic E-state index is 11.0. The van der Waals surface area contributed by atoms with Gasteiger partial charge in [0.05, 0.1) is 7.11 Å².